The summed E-state index contributed by atoms with van der Waals surface area (Å²) in [6.07, 6.45) is 3.74. The third-order valence-corrected chi connectivity index (χ3v) is 3.74. The molecule has 5 nitrogen and oxygen atoms in total. The van der Waals surface area contributed by atoms with E-state index in [1.165, 1.54) is 12.5 Å². The monoisotopic (exact) mass is 320 g/mol. The van der Waals surface area contributed by atoms with Crippen LogP contribution in [-0.4, -0.2) is 15.5 Å². The Labute approximate surface area is 141 Å². The van der Waals surface area contributed by atoms with Crippen LogP contribution < -0.4 is 11.1 Å². The highest BCUT2D eigenvalue weighted by Crippen LogP contribution is 2.22. The van der Waals surface area contributed by atoms with Crippen LogP contribution in [0.4, 0.5) is 5.69 Å². The van der Waals surface area contributed by atoms with E-state index in [-0.39, 0.29) is 5.91 Å². The maximum absolute atomic E-state index is 11.2. The van der Waals surface area contributed by atoms with Gasteiger partial charge in [0.2, 0.25) is 5.91 Å². The molecule has 1 aromatic heterocycles. The van der Waals surface area contributed by atoms with Crippen molar-refractivity contribution in [1.82, 2.24) is 9.55 Å². The number of carbonyl (C=O) groups is 1. The Hall–Kier alpha value is -2.92. The zero-order valence-electron chi connectivity index (χ0n) is 13.6. The van der Waals surface area contributed by atoms with Gasteiger partial charge in [0.05, 0.1) is 0 Å². The Morgan fingerprint density at radius 2 is 1.96 bits per heavy atom. The van der Waals surface area contributed by atoms with Crippen LogP contribution in [0.25, 0.3) is 11.4 Å². The van der Waals surface area contributed by atoms with Gasteiger partial charge in [-0.05, 0) is 23.3 Å². The molecule has 24 heavy (non-hydrogen) atoms. The minimum Gasteiger partial charge on any atom is -0.327 e. The van der Waals surface area contributed by atoms with Crippen LogP contribution in [0.1, 0.15) is 18.1 Å². The number of imidazole rings is 1. The molecule has 1 heterocycles. The highest BCUT2D eigenvalue weighted by atomic mass is 16.1. The van der Waals surface area contributed by atoms with E-state index < -0.39 is 0 Å². The summed E-state index contributed by atoms with van der Waals surface area (Å²) in [5, 5.41) is 2.80. The standard InChI is InChI=1S/C19H20N4O/c1-14(24)22-18-7-3-6-17(11-18)19-21-8-9-23(19)13-16-5-2-4-15(10-16)12-20/h2-11H,12-13,20H2,1H3,(H,22,24). The lowest BCUT2D eigenvalue weighted by atomic mass is 10.1. The second kappa shape index (κ2) is 7.10. The predicted molar refractivity (Wildman–Crippen MR) is 95.4 cm³/mol. The molecular weight excluding hydrogens is 300 g/mol. The van der Waals surface area contributed by atoms with Crippen LogP contribution >= 0.6 is 0 Å². The number of nitrogens with zero attached hydrogens (tertiary/aromatic N) is 2. The molecule has 0 aliphatic carbocycles. The lowest BCUT2D eigenvalue weighted by Crippen LogP contribution is -2.06. The average Bonchev–Trinajstić information content (AvgIpc) is 3.03. The average molecular weight is 320 g/mol. The number of carbonyl (C=O) groups excluding carboxylic acids is 1. The van der Waals surface area contributed by atoms with Gasteiger partial charge in [-0.25, -0.2) is 4.98 Å². The van der Waals surface area contributed by atoms with Crippen molar-refractivity contribution in [2.45, 2.75) is 20.0 Å². The molecule has 0 unspecified atom stereocenters. The molecule has 0 saturated heterocycles. The van der Waals surface area contributed by atoms with Crippen LogP contribution in [0.3, 0.4) is 0 Å². The van der Waals surface area contributed by atoms with Crippen molar-refractivity contribution in [2.24, 2.45) is 5.73 Å². The summed E-state index contributed by atoms with van der Waals surface area (Å²) < 4.78 is 2.09. The van der Waals surface area contributed by atoms with Crippen molar-refractivity contribution in [3.63, 3.8) is 0 Å². The Kier molecular flexibility index (Phi) is 4.72. The number of amides is 1. The second-order valence-corrected chi connectivity index (χ2v) is 5.66. The number of hydrogen-bond acceptors (Lipinski definition) is 3. The van der Waals surface area contributed by atoms with Crippen LogP contribution in [0.15, 0.2) is 60.9 Å². The number of benzene rings is 2. The first-order chi connectivity index (χ1) is 11.7. The third-order valence-electron chi connectivity index (χ3n) is 3.74. The molecule has 0 saturated carbocycles. The van der Waals surface area contributed by atoms with Crippen molar-refractivity contribution >= 4 is 11.6 Å². The molecule has 0 radical (unpaired) electrons. The van der Waals surface area contributed by atoms with Gasteiger partial charge in [0, 0.05) is 43.7 Å². The molecule has 3 aromatic rings. The largest absolute Gasteiger partial charge is 0.327 e. The van der Waals surface area contributed by atoms with Gasteiger partial charge in [0.1, 0.15) is 5.82 Å². The lowest BCUT2D eigenvalue weighted by molar-refractivity contribution is -0.114. The van der Waals surface area contributed by atoms with E-state index in [1.807, 2.05) is 42.6 Å². The maximum atomic E-state index is 11.2. The minimum atomic E-state index is -0.0888. The van der Waals surface area contributed by atoms with Crippen molar-refractivity contribution < 1.29 is 4.79 Å². The van der Waals surface area contributed by atoms with Crippen molar-refractivity contribution in [1.29, 1.82) is 0 Å². The Morgan fingerprint density at radius 3 is 2.75 bits per heavy atom. The molecule has 3 rings (SSSR count). The lowest BCUT2D eigenvalue weighted by Gasteiger charge is -2.10. The Balaban J connectivity index is 1.88. The van der Waals surface area contributed by atoms with E-state index in [0.29, 0.717) is 13.1 Å². The number of anilines is 1. The predicted octanol–water partition coefficient (Wildman–Crippen LogP) is 3.02. The molecule has 0 fully saturated rings. The summed E-state index contributed by atoms with van der Waals surface area (Å²) in [6, 6.07) is 15.9. The van der Waals surface area contributed by atoms with E-state index in [4.69, 9.17) is 5.73 Å². The molecule has 122 valence electrons. The van der Waals surface area contributed by atoms with Crippen LogP contribution in [0.5, 0.6) is 0 Å². The Morgan fingerprint density at radius 1 is 1.17 bits per heavy atom. The molecule has 0 atom stereocenters. The molecule has 0 aliphatic rings. The summed E-state index contributed by atoms with van der Waals surface area (Å²) in [7, 11) is 0. The zero-order valence-corrected chi connectivity index (χ0v) is 13.6. The number of nitrogens with one attached hydrogen (secondary N) is 1. The fourth-order valence-corrected chi connectivity index (χ4v) is 2.69. The molecule has 1 amide bonds. The smallest absolute Gasteiger partial charge is 0.221 e. The van der Waals surface area contributed by atoms with Crippen molar-refractivity contribution in [3.05, 3.63) is 72.1 Å². The molecule has 2 aromatic carbocycles. The van der Waals surface area contributed by atoms with Gasteiger partial charge in [0.15, 0.2) is 0 Å². The van der Waals surface area contributed by atoms with E-state index in [1.54, 1.807) is 6.20 Å². The van der Waals surface area contributed by atoms with Crippen molar-refractivity contribution in [2.75, 3.05) is 5.32 Å². The van der Waals surface area contributed by atoms with E-state index in [2.05, 4.69) is 27.0 Å². The summed E-state index contributed by atoms with van der Waals surface area (Å²) >= 11 is 0. The minimum absolute atomic E-state index is 0.0888. The van der Waals surface area contributed by atoms with Crippen LogP contribution in [0, 0.1) is 0 Å². The summed E-state index contributed by atoms with van der Waals surface area (Å²) in [5.41, 5.74) is 9.73. The zero-order chi connectivity index (χ0) is 16.9. The third kappa shape index (κ3) is 3.70. The molecule has 0 bridgehead atoms. The van der Waals surface area contributed by atoms with Gasteiger partial charge in [-0.1, -0.05) is 36.4 Å². The first-order valence-electron chi connectivity index (χ1n) is 7.83. The fraction of sp³-hybridized carbons (Fsp3) is 0.158. The normalized spacial score (nSPS) is 10.6. The van der Waals surface area contributed by atoms with Gasteiger partial charge in [-0.3, -0.25) is 4.79 Å². The second-order valence-electron chi connectivity index (χ2n) is 5.66. The summed E-state index contributed by atoms with van der Waals surface area (Å²) in [6.45, 7) is 2.75. The molecule has 3 N–H and O–H groups in total. The van der Waals surface area contributed by atoms with Gasteiger partial charge in [-0.2, -0.15) is 0 Å². The van der Waals surface area contributed by atoms with Gasteiger partial charge < -0.3 is 15.6 Å². The molecule has 5 heteroatoms. The molecule has 0 spiro atoms. The summed E-state index contributed by atoms with van der Waals surface area (Å²) in [5.74, 6) is 0.773. The van der Waals surface area contributed by atoms with Crippen LogP contribution in [-0.2, 0) is 17.9 Å². The SMILES string of the molecule is CC(=O)Nc1cccc(-c2nccn2Cc2cccc(CN)c2)c1. The molecular formula is C19H20N4O. The number of aromatic nitrogens is 2. The quantitative estimate of drug-likeness (QED) is 0.759. The van der Waals surface area contributed by atoms with E-state index in [0.717, 1.165) is 22.6 Å². The number of nitrogens with two attached hydrogens (primary N) is 1. The highest BCUT2D eigenvalue weighted by molar-refractivity contribution is 5.89. The van der Waals surface area contributed by atoms with E-state index >= 15 is 0 Å². The fourth-order valence-electron chi connectivity index (χ4n) is 2.69. The first kappa shape index (κ1) is 16.0. The van der Waals surface area contributed by atoms with Gasteiger partial charge in [-0.15, -0.1) is 0 Å². The topological polar surface area (TPSA) is 72.9 Å². The van der Waals surface area contributed by atoms with Gasteiger partial charge >= 0.3 is 0 Å². The first-order valence-corrected chi connectivity index (χ1v) is 7.83. The number of hydrogen-bond donors (Lipinski definition) is 2. The van der Waals surface area contributed by atoms with Gasteiger partial charge in [0.25, 0.3) is 0 Å². The maximum Gasteiger partial charge on any atom is 0.221 e. The molecule has 0 aliphatic heterocycles. The van der Waals surface area contributed by atoms with Crippen LogP contribution in [0.2, 0.25) is 0 Å². The number of rotatable bonds is 5. The summed E-state index contributed by atoms with van der Waals surface area (Å²) in [4.78, 5) is 15.7. The van der Waals surface area contributed by atoms with Crippen molar-refractivity contribution in [3.8, 4) is 11.4 Å². The van der Waals surface area contributed by atoms with E-state index in [9.17, 15) is 4.79 Å². The Bertz CT molecular complexity index is 854. The highest BCUT2D eigenvalue weighted by Gasteiger charge is 2.08.